The van der Waals surface area contributed by atoms with E-state index in [0.717, 1.165) is 18.5 Å². The van der Waals surface area contributed by atoms with E-state index in [1.807, 2.05) is 6.07 Å². The fourth-order valence-corrected chi connectivity index (χ4v) is 2.61. The molecule has 0 aliphatic heterocycles. The van der Waals surface area contributed by atoms with Crippen LogP contribution in [0.2, 0.25) is 0 Å². The minimum Gasteiger partial charge on any atom is -0.504 e. The molecule has 0 fully saturated rings. The van der Waals surface area contributed by atoms with Crippen LogP contribution in [0, 0.1) is 0 Å². The van der Waals surface area contributed by atoms with Crippen LogP contribution in [-0.2, 0) is 13.0 Å². The molecule has 0 aromatic heterocycles. The number of phenols is 2. The summed E-state index contributed by atoms with van der Waals surface area (Å²) < 4.78 is 0. The molecule has 19 heavy (non-hydrogen) atoms. The van der Waals surface area contributed by atoms with Gasteiger partial charge in [0.15, 0.2) is 11.5 Å². The Hall–Kier alpha value is -2.00. The molecule has 3 rings (SSSR count). The summed E-state index contributed by atoms with van der Waals surface area (Å²) in [5.41, 5.74) is 3.88. The summed E-state index contributed by atoms with van der Waals surface area (Å²) in [5, 5.41) is 22.1. The van der Waals surface area contributed by atoms with Gasteiger partial charge in [-0.25, -0.2) is 0 Å². The number of nitrogens with one attached hydrogen (secondary N) is 1. The van der Waals surface area contributed by atoms with E-state index in [9.17, 15) is 10.2 Å². The van der Waals surface area contributed by atoms with Crippen molar-refractivity contribution in [2.75, 3.05) is 6.54 Å². The van der Waals surface area contributed by atoms with Crippen molar-refractivity contribution in [2.45, 2.75) is 18.9 Å². The van der Waals surface area contributed by atoms with E-state index in [0.29, 0.717) is 12.5 Å². The maximum absolute atomic E-state index is 9.42. The predicted molar refractivity (Wildman–Crippen MR) is 74.4 cm³/mol. The van der Waals surface area contributed by atoms with Gasteiger partial charge in [0.1, 0.15) is 0 Å². The van der Waals surface area contributed by atoms with Crippen molar-refractivity contribution in [2.24, 2.45) is 0 Å². The number of hydrogen-bond donors (Lipinski definition) is 3. The Morgan fingerprint density at radius 1 is 1.05 bits per heavy atom. The van der Waals surface area contributed by atoms with Crippen molar-refractivity contribution in [3.8, 4) is 11.5 Å². The minimum atomic E-state index is -0.0725. The van der Waals surface area contributed by atoms with Crippen LogP contribution < -0.4 is 5.32 Å². The van der Waals surface area contributed by atoms with Gasteiger partial charge in [0, 0.05) is 19.0 Å². The molecule has 3 nitrogen and oxygen atoms in total. The third-order valence-corrected chi connectivity index (χ3v) is 3.72. The number of fused-ring (bicyclic) bond motifs is 1. The molecule has 98 valence electrons. The van der Waals surface area contributed by atoms with Crippen molar-refractivity contribution < 1.29 is 10.2 Å². The smallest absolute Gasteiger partial charge is 0.157 e. The molecular formula is C16H17NO2. The van der Waals surface area contributed by atoms with Crippen LogP contribution in [0.25, 0.3) is 0 Å². The average Bonchev–Trinajstić information content (AvgIpc) is 2.39. The molecule has 0 heterocycles. The summed E-state index contributed by atoms with van der Waals surface area (Å²) in [5.74, 6) is 0.465. The number of rotatable bonds is 4. The molecule has 1 aliphatic rings. The number of hydrogen-bond acceptors (Lipinski definition) is 3. The molecule has 2 aromatic carbocycles. The van der Waals surface area contributed by atoms with Gasteiger partial charge in [-0.15, -0.1) is 0 Å². The maximum Gasteiger partial charge on any atom is 0.157 e. The van der Waals surface area contributed by atoms with Crippen molar-refractivity contribution >= 4 is 0 Å². The second kappa shape index (κ2) is 4.94. The Morgan fingerprint density at radius 2 is 1.89 bits per heavy atom. The minimum absolute atomic E-state index is 0.0618. The number of aromatic hydroxyl groups is 2. The topological polar surface area (TPSA) is 52.5 Å². The third kappa shape index (κ3) is 2.42. The Labute approximate surface area is 112 Å². The molecule has 1 unspecified atom stereocenters. The zero-order valence-corrected chi connectivity index (χ0v) is 10.6. The zero-order valence-electron chi connectivity index (χ0n) is 10.6. The fraction of sp³-hybridized carbons (Fsp3) is 0.250. The van der Waals surface area contributed by atoms with Crippen LogP contribution >= 0.6 is 0 Å². The summed E-state index contributed by atoms with van der Waals surface area (Å²) in [6, 6.07) is 13.5. The Kier molecular flexibility index (Phi) is 3.13. The second-order valence-electron chi connectivity index (χ2n) is 5.05. The highest BCUT2D eigenvalue weighted by Gasteiger charge is 2.24. The lowest BCUT2D eigenvalue weighted by molar-refractivity contribution is 0.403. The van der Waals surface area contributed by atoms with Crippen molar-refractivity contribution in [1.29, 1.82) is 0 Å². The Morgan fingerprint density at radius 3 is 2.68 bits per heavy atom. The molecule has 0 radical (unpaired) electrons. The van der Waals surface area contributed by atoms with Gasteiger partial charge in [0.25, 0.3) is 0 Å². The van der Waals surface area contributed by atoms with Crippen LogP contribution in [0.15, 0.2) is 42.5 Å². The molecule has 1 atom stereocenters. The van der Waals surface area contributed by atoms with Crippen molar-refractivity contribution in [3.63, 3.8) is 0 Å². The van der Waals surface area contributed by atoms with E-state index in [1.165, 1.54) is 17.2 Å². The number of benzene rings is 2. The largest absolute Gasteiger partial charge is 0.504 e. The first-order chi connectivity index (χ1) is 9.24. The second-order valence-corrected chi connectivity index (χ2v) is 5.05. The summed E-state index contributed by atoms with van der Waals surface area (Å²) in [7, 11) is 0. The highest BCUT2D eigenvalue weighted by atomic mass is 16.3. The standard InChI is InChI=1S/C16H17NO2/c18-15-6-5-11(7-16(15)19)9-17-10-13-8-12-3-1-2-4-14(12)13/h1-7,13,17-19H,8-10H2. The highest BCUT2D eigenvalue weighted by molar-refractivity contribution is 5.41. The Bertz CT molecular complexity index is 595. The molecule has 0 amide bonds. The quantitative estimate of drug-likeness (QED) is 0.736. The van der Waals surface area contributed by atoms with Gasteiger partial charge in [-0.3, -0.25) is 0 Å². The van der Waals surface area contributed by atoms with Crippen molar-refractivity contribution in [1.82, 2.24) is 5.32 Å². The molecule has 2 aromatic rings. The monoisotopic (exact) mass is 255 g/mol. The third-order valence-electron chi connectivity index (χ3n) is 3.72. The van der Waals surface area contributed by atoms with E-state index >= 15 is 0 Å². The first-order valence-corrected chi connectivity index (χ1v) is 6.53. The van der Waals surface area contributed by atoms with Crippen molar-refractivity contribution in [3.05, 3.63) is 59.2 Å². The van der Waals surface area contributed by atoms with Gasteiger partial charge in [-0.2, -0.15) is 0 Å². The molecule has 3 heteroatoms. The first kappa shape index (κ1) is 12.1. The van der Waals surface area contributed by atoms with Crippen LogP contribution in [-0.4, -0.2) is 16.8 Å². The summed E-state index contributed by atoms with van der Waals surface area (Å²) in [6.45, 7) is 1.64. The Balaban J connectivity index is 1.53. The summed E-state index contributed by atoms with van der Waals surface area (Å²) in [4.78, 5) is 0. The van der Waals surface area contributed by atoms with Gasteiger partial charge >= 0.3 is 0 Å². The lowest BCUT2D eigenvalue weighted by atomic mass is 9.77. The molecular weight excluding hydrogens is 238 g/mol. The highest BCUT2D eigenvalue weighted by Crippen LogP contribution is 2.34. The lowest BCUT2D eigenvalue weighted by Gasteiger charge is -2.30. The molecule has 0 saturated carbocycles. The zero-order chi connectivity index (χ0) is 13.2. The van der Waals surface area contributed by atoms with Crippen LogP contribution in [0.5, 0.6) is 11.5 Å². The summed E-state index contributed by atoms with van der Waals surface area (Å²) >= 11 is 0. The summed E-state index contributed by atoms with van der Waals surface area (Å²) in [6.07, 6.45) is 1.14. The van der Waals surface area contributed by atoms with E-state index in [-0.39, 0.29) is 11.5 Å². The lowest BCUT2D eigenvalue weighted by Crippen LogP contribution is -2.28. The number of phenolic OH excluding ortho intramolecular Hbond substituents is 2. The van der Waals surface area contributed by atoms with E-state index in [2.05, 4.69) is 29.6 Å². The maximum atomic E-state index is 9.42. The van der Waals surface area contributed by atoms with Gasteiger partial charge < -0.3 is 15.5 Å². The average molecular weight is 255 g/mol. The molecule has 0 spiro atoms. The molecule has 0 bridgehead atoms. The molecule has 0 saturated heterocycles. The van der Waals surface area contributed by atoms with Gasteiger partial charge in [-0.05, 0) is 35.2 Å². The van der Waals surface area contributed by atoms with Crippen LogP contribution in [0.4, 0.5) is 0 Å². The fourth-order valence-electron chi connectivity index (χ4n) is 2.61. The van der Waals surface area contributed by atoms with Gasteiger partial charge in [0.2, 0.25) is 0 Å². The molecule has 3 N–H and O–H groups in total. The van der Waals surface area contributed by atoms with Gasteiger partial charge in [0.05, 0.1) is 0 Å². The molecule has 1 aliphatic carbocycles. The normalized spacial score (nSPS) is 16.7. The van der Waals surface area contributed by atoms with Crippen LogP contribution in [0.1, 0.15) is 22.6 Å². The van der Waals surface area contributed by atoms with Crippen LogP contribution in [0.3, 0.4) is 0 Å². The first-order valence-electron chi connectivity index (χ1n) is 6.53. The van der Waals surface area contributed by atoms with E-state index < -0.39 is 0 Å². The van der Waals surface area contributed by atoms with E-state index in [1.54, 1.807) is 6.07 Å². The predicted octanol–water partition coefficient (Wildman–Crippen LogP) is 2.53. The van der Waals surface area contributed by atoms with E-state index in [4.69, 9.17) is 0 Å². The van der Waals surface area contributed by atoms with Gasteiger partial charge in [-0.1, -0.05) is 30.3 Å². The SMILES string of the molecule is Oc1ccc(CNCC2Cc3ccccc32)cc1O.